The molecule has 0 amide bonds. The number of nitrogens with zero attached hydrogens (tertiary/aromatic N) is 4. The summed E-state index contributed by atoms with van der Waals surface area (Å²) in [7, 11) is 1.66. The highest BCUT2D eigenvalue weighted by atomic mass is 16.2. The van der Waals surface area contributed by atoms with E-state index in [0.717, 1.165) is 18.4 Å². The Balaban J connectivity index is 1.68. The zero-order chi connectivity index (χ0) is 19.5. The lowest BCUT2D eigenvalue weighted by Crippen LogP contribution is -2.39. The zero-order valence-corrected chi connectivity index (χ0v) is 15.8. The lowest BCUT2D eigenvalue weighted by atomic mass is 10.1. The Bertz CT molecular complexity index is 1200. The van der Waals surface area contributed by atoms with Crippen LogP contribution in [0.4, 0.5) is 0 Å². The lowest BCUT2D eigenvalue weighted by Gasteiger charge is -2.10. The number of aromatic nitrogens is 4. The van der Waals surface area contributed by atoms with Crippen LogP contribution in [0.15, 0.2) is 76.6 Å². The van der Waals surface area contributed by atoms with Crippen molar-refractivity contribution in [3.63, 3.8) is 0 Å². The van der Waals surface area contributed by atoms with Crippen LogP contribution >= 0.6 is 0 Å². The van der Waals surface area contributed by atoms with Crippen molar-refractivity contribution >= 4 is 11.2 Å². The molecule has 2 aromatic carbocycles. The molecule has 0 radical (unpaired) electrons. The predicted molar refractivity (Wildman–Crippen MR) is 110 cm³/mol. The van der Waals surface area contributed by atoms with Crippen molar-refractivity contribution in [1.82, 2.24) is 18.7 Å². The third kappa shape index (κ3) is 3.41. The first-order valence-electron chi connectivity index (χ1n) is 9.37. The summed E-state index contributed by atoms with van der Waals surface area (Å²) in [6, 6.07) is 20.0. The number of benzene rings is 2. The van der Waals surface area contributed by atoms with Crippen LogP contribution in [-0.2, 0) is 26.6 Å². The van der Waals surface area contributed by atoms with Gasteiger partial charge in [0, 0.05) is 20.1 Å². The summed E-state index contributed by atoms with van der Waals surface area (Å²) in [5.74, 6) is 0. The standard InChI is InChI=1S/C22H22N4O2/c1-24-20-19(25(16-23-20)15-18-11-6-3-7-12-18)21(27)26(22(24)28)14-8-13-17-9-4-2-5-10-17/h2-7,9-12,16H,8,13-15H2,1H3. The number of fused-ring (bicyclic) bond motifs is 1. The first kappa shape index (κ1) is 18.0. The molecule has 0 saturated carbocycles. The number of imidazole rings is 1. The van der Waals surface area contributed by atoms with E-state index in [1.807, 2.05) is 53.1 Å². The third-order valence-corrected chi connectivity index (χ3v) is 4.99. The van der Waals surface area contributed by atoms with E-state index >= 15 is 0 Å². The molecular formula is C22H22N4O2. The van der Waals surface area contributed by atoms with Crippen molar-refractivity contribution in [3.8, 4) is 0 Å². The SMILES string of the molecule is Cn1c(=O)n(CCCc2ccccc2)c(=O)c2c1ncn2Cc1ccccc1. The maximum atomic E-state index is 13.1. The van der Waals surface area contributed by atoms with E-state index in [2.05, 4.69) is 17.1 Å². The Morgan fingerprint density at radius 2 is 1.54 bits per heavy atom. The van der Waals surface area contributed by atoms with E-state index in [0.29, 0.717) is 24.3 Å². The van der Waals surface area contributed by atoms with Crippen molar-refractivity contribution in [2.75, 3.05) is 0 Å². The Labute approximate surface area is 162 Å². The summed E-state index contributed by atoms with van der Waals surface area (Å²) in [4.78, 5) is 30.1. The quantitative estimate of drug-likeness (QED) is 0.521. The first-order valence-corrected chi connectivity index (χ1v) is 9.37. The van der Waals surface area contributed by atoms with Crippen LogP contribution in [-0.4, -0.2) is 18.7 Å². The van der Waals surface area contributed by atoms with Crippen molar-refractivity contribution < 1.29 is 0 Å². The summed E-state index contributed by atoms with van der Waals surface area (Å²) < 4.78 is 4.61. The van der Waals surface area contributed by atoms with Crippen LogP contribution in [0.2, 0.25) is 0 Å². The molecule has 0 saturated heterocycles. The minimum absolute atomic E-state index is 0.278. The average Bonchev–Trinajstić information content (AvgIpc) is 3.14. The molecule has 2 heterocycles. The fraction of sp³-hybridized carbons (Fsp3) is 0.227. The van der Waals surface area contributed by atoms with Gasteiger partial charge in [-0.25, -0.2) is 9.78 Å². The molecule has 6 heteroatoms. The van der Waals surface area contributed by atoms with Crippen LogP contribution in [0.3, 0.4) is 0 Å². The highest BCUT2D eigenvalue weighted by Gasteiger charge is 2.16. The lowest BCUT2D eigenvalue weighted by molar-refractivity contribution is 0.571. The van der Waals surface area contributed by atoms with E-state index in [-0.39, 0.29) is 11.2 Å². The van der Waals surface area contributed by atoms with Crippen LogP contribution < -0.4 is 11.2 Å². The normalized spacial score (nSPS) is 11.2. The predicted octanol–water partition coefficient (Wildman–Crippen LogP) is 2.58. The van der Waals surface area contributed by atoms with Gasteiger partial charge >= 0.3 is 5.69 Å². The largest absolute Gasteiger partial charge is 0.332 e. The Hall–Kier alpha value is -3.41. The third-order valence-electron chi connectivity index (χ3n) is 4.99. The second-order valence-electron chi connectivity index (χ2n) is 6.92. The molecule has 142 valence electrons. The van der Waals surface area contributed by atoms with Gasteiger partial charge in [-0.15, -0.1) is 0 Å². The monoisotopic (exact) mass is 374 g/mol. The van der Waals surface area contributed by atoms with Crippen LogP contribution in [0, 0.1) is 0 Å². The van der Waals surface area contributed by atoms with Gasteiger partial charge in [0.25, 0.3) is 5.56 Å². The molecule has 0 fully saturated rings. The van der Waals surface area contributed by atoms with Gasteiger partial charge in [-0.1, -0.05) is 60.7 Å². The molecule has 6 nitrogen and oxygen atoms in total. The maximum absolute atomic E-state index is 13.1. The molecule has 28 heavy (non-hydrogen) atoms. The van der Waals surface area contributed by atoms with Crippen LogP contribution in [0.1, 0.15) is 17.5 Å². The molecule has 0 spiro atoms. The number of aryl methyl sites for hydroxylation is 2. The molecule has 0 atom stereocenters. The van der Waals surface area contributed by atoms with Gasteiger partial charge in [-0.05, 0) is 24.0 Å². The minimum atomic E-state index is -0.324. The average molecular weight is 374 g/mol. The Morgan fingerprint density at radius 1 is 0.893 bits per heavy atom. The Kier molecular flexibility index (Phi) is 4.93. The Morgan fingerprint density at radius 3 is 2.21 bits per heavy atom. The van der Waals surface area contributed by atoms with Crippen LogP contribution in [0.25, 0.3) is 11.2 Å². The first-order chi connectivity index (χ1) is 13.6. The zero-order valence-electron chi connectivity index (χ0n) is 15.8. The summed E-state index contributed by atoms with van der Waals surface area (Å²) in [5, 5.41) is 0. The highest BCUT2D eigenvalue weighted by molar-refractivity contribution is 5.70. The van der Waals surface area contributed by atoms with Gasteiger partial charge in [0.2, 0.25) is 0 Å². The molecule has 0 aliphatic carbocycles. The number of hydrogen-bond donors (Lipinski definition) is 0. The summed E-state index contributed by atoms with van der Waals surface area (Å²) in [6.07, 6.45) is 3.17. The van der Waals surface area contributed by atoms with Gasteiger partial charge in [-0.2, -0.15) is 0 Å². The molecule has 0 bridgehead atoms. The fourth-order valence-corrected chi connectivity index (χ4v) is 3.51. The molecule has 4 aromatic rings. The van der Waals surface area contributed by atoms with E-state index in [1.165, 1.54) is 14.7 Å². The summed E-state index contributed by atoms with van der Waals surface area (Å²) in [6.45, 7) is 0.918. The highest BCUT2D eigenvalue weighted by Crippen LogP contribution is 2.10. The van der Waals surface area contributed by atoms with Gasteiger partial charge in [0.1, 0.15) is 0 Å². The van der Waals surface area contributed by atoms with Crippen molar-refractivity contribution in [2.45, 2.75) is 25.9 Å². The van der Waals surface area contributed by atoms with Gasteiger partial charge in [0.05, 0.1) is 6.33 Å². The molecular weight excluding hydrogens is 352 g/mol. The number of hydrogen-bond acceptors (Lipinski definition) is 3. The molecule has 0 aliphatic rings. The smallest absolute Gasteiger partial charge is 0.320 e. The second kappa shape index (κ2) is 7.68. The van der Waals surface area contributed by atoms with Crippen molar-refractivity contribution in [1.29, 1.82) is 0 Å². The maximum Gasteiger partial charge on any atom is 0.332 e. The van der Waals surface area contributed by atoms with E-state index in [1.54, 1.807) is 13.4 Å². The summed E-state index contributed by atoms with van der Waals surface area (Å²) in [5.41, 5.74) is 2.55. The van der Waals surface area contributed by atoms with Gasteiger partial charge in [0.15, 0.2) is 11.2 Å². The minimum Gasteiger partial charge on any atom is -0.320 e. The van der Waals surface area contributed by atoms with E-state index in [9.17, 15) is 9.59 Å². The summed E-state index contributed by atoms with van der Waals surface area (Å²) >= 11 is 0. The molecule has 4 rings (SSSR count). The van der Waals surface area contributed by atoms with Crippen molar-refractivity contribution in [3.05, 3.63) is 99.0 Å². The fourth-order valence-electron chi connectivity index (χ4n) is 3.51. The molecule has 0 aliphatic heterocycles. The topological polar surface area (TPSA) is 61.8 Å². The molecule has 0 unspecified atom stereocenters. The number of rotatable bonds is 6. The van der Waals surface area contributed by atoms with Gasteiger partial charge in [-0.3, -0.25) is 13.9 Å². The molecule has 2 aromatic heterocycles. The second-order valence-corrected chi connectivity index (χ2v) is 6.92. The van der Waals surface area contributed by atoms with Crippen molar-refractivity contribution in [2.24, 2.45) is 7.05 Å². The van der Waals surface area contributed by atoms with Gasteiger partial charge < -0.3 is 4.57 Å². The molecule has 0 N–H and O–H groups in total. The van der Waals surface area contributed by atoms with Crippen LogP contribution in [0.5, 0.6) is 0 Å². The van der Waals surface area contributed by atoms with E-state index in [4.69, 9.17) is 0 Å². The van der Waals surface area contributed by atoms with E-state index < -0.39 is 0 Å².